The monoisotopic (exact) mass is 274 g/mol. The lowest BCUT2D eigenvalue weighted by molar-refractivity contribution is -0.00675. The van der Waals surface area contributed by atoms with E-state index in [-0.39, 0.29) is 17.7 Å². The van der Waals surface area contributed by atoms with Gasteiger partial charge in [0.05, 0.1) is 17.7 Å². The molecule has 2 rings (SSSR count). The average Bonchev–Trinajstić information content (AvgIpc) is 2.39. The van der Waals surface area contributed by atoms with Crippen molar-refractivity contribution < 1.29 is 4.74 Å². The number of benzene rings is 1. The van der Waals surface area contributed by atoms with Crippen molar-refractivity contribution in [1.29, 1.82) is 0 Å². The first-order valence-electron chi connectivity index (χ1n) is 6.88. The van der Waals surface area contributed by atoms with Crippen LogP contribution in [-0.4, -0.2) is 16.8 Å². The lowest BCUT2D eigenvalue weighted by Gasteiger charge is -2.20. The molecule has 0 atom stereocenters. The highest BCUT2D eigenvalue weighted by molar-refractivity contribution is 5.79. The lowest BCUT2D eigenvalue weighted by Crippen LogP contribution is -2.29. The summed E-state index contributed by atoms with van der Waals surface area (Å²) in [5.41, 5.74) is 7.00. The van der Waals surface area contributed by atoms with E-state index in [0.717, 1.165) is 10.9 Å². The molecule has 0 unspecified atom stereocenters. The maximum Gasteiger partial charge on any atom is 0.255 e. The molecule has 0 saturated carbocycles. The molecule has 0 saturated heterocycles. The molecule has 4 heteroatoms. The first-order chi connectivity index (χ1) is 9.42. The van der Waals surface area contributed by atoms with Crippen LogP contribution in [-0.2, 0) is 17.8 Å². The molecule has 0 aliphatic rings. The summed E-state index contributed by atoms with van der Waals surface area (Å²) in [6.45, 7) is 7.30. The highest BCUT2D eigenvalue weighted by atomic mass is 16.5. The number of ether oxygens (including phenoxy) is 1. The van der Waals surface area contributed by atoms with Crippen LogP contribution in [0.1, 0.15) is 26.3 Å². The average molecular weight is 274 g/mol. The van der Waals surface area contributed by atoms with E-state index in [0.29, 0.717) is 18.7 Å². The van der Waals surface area contributed by atoms with Crippen LogP contribution in [0.3, 0.4) is 0 Å². The number of nitrogens with two attached hydrogens (primary N) is 1. The fraction of sp³-hybridized carbons (Fsp3) is 0.438. The van der Waals surface area contributed by atoms with Crippen molar-refractivity contribution >= 4 is 10.9 Å². The molecule has 1 aromatic carbocycles. The number of hydrogen-bond donors (Lipinski definition) is 1. The van der Waals surface area contributed by atoms with Gasteiger partial charge in [-0.15, -0.1) is 0 Å². The van der Waals surface area contributed by atoms with Crippen LogP contribution < -0.4 is 11.3 Å². The Balaban J connectivity index is 2.39. The third kappa shape index (κ3) is 3.26. The van der Waals surface area contributed by atoms with E-state index in [1.807, 2.05) is 51.1 Å². The minimum Gasteiger partial charge on any atom is -0.374 e. The number of pyridine rings is 1. The summed E-state index contributed by atoms with van der Waals surface area (Å²) in [6, 6.07) is 9.72. The van der Waals surface area contributed by atoms with Gasteiger partial charge in [0.1, 0.15) is 0 Å². The van der Waals surface area contributed by atoms with Gasteiger partial charge in [0.15, 0.2) is 0 Å². The Labute approximate surface area is 119 Å². The summed E-state index contributed by atoms with van der Waals surface area (Å²) in [4.78, 5) is 12.4. The van der Waals surface area contributed by atoms with Crippen molar-refractivity contribution in [3.63, 3.8) is 0 Å². The molecule has 2 N–H and O–H groups in total. The molecule has 0 fully saturated rings. The standard InChI is InChI=1S/C16H22N2O2/c1-16(2,3)20-9-8-18-14-7-5-4-6-12(14)10-13(11-17)15(18)19/h4-7,10H,8-9,11,17H2,1-3H3. The second-order valence-electron chi connectivity index (χ2n) is 5.85. The Morgan fingerprint density at radius 3 is 2.60 bits per heavy atom. The van der Waals surface area contributed by atoms with Crippen LogP contribution in [0, 0.1) is 0 Å². The minimum atomic E-state index is -0.203. The second kappa shape index (κ2) is 5.77. The molecular weight excluding hydrogens is 252 g/mol. The number of rotatable bonds is 4. The third-order valence-corrected chi connectivity index (χ3v) is 3.15. The number of para-hydroxylation sites is 1. The molecule has 20 heavy (non-hydrogen) atoms. The summed E-state index contributed by atoms with van der Waals surface area (Å²) in [5, 5.41) is 1.03. The van der Waals surface area contributed by atoms with Crippen molar-refractivity contribution in [2.75, 3.05) is 6.61 Å². The predicted molar refractivity (Wildman–Crippen MR) is 81.8 cm³/mol. The Hall–Kier alpha value is -1.65. The number of fused-ring (bicyclic) bond motifs is 1. The predicted octanol–water partition coefficient (Wildman–Crippen LogP) is 2.28. The van der Waals surface area contributed by atoms with Gasteiger partial charge in [-0.2, -0.15) is 0 Å². The Bertz CT molecular complexity index is 654. The van der Waals surface area contributed by atoms with Crippen LogP contribution in [0.2, 0.25) is 0 Å². The zero-order valence-corrected chi connectivity index (χ0v) is 12.3. The molecule has 0 spiro atoms. The van der Waals surface area contributed by atoms with E-state index in [1.165, 1.54) is 0 Å². The molecule has 2 aromatic rings. The van der Waals surface area contributed by atoms with E-state index in [4.69, 9.17) is 10.5 Å². The quantitative estimate of drug-likeness (QED) is 0.930. The van der Waals surface area contributed by atoms with Crippen molar-refractivity contribution in [3.05, 3.63) is 46.2 Å². The molecule has 1 aromatic heterocycles. The van der Waals surface area contributed by atoms with E-state index in [9.17, 15) is 4.79 Å². The zero-order chi connectivity index (χ0) is 14.8. The molecule has 108 valence electrons. The largest absolute Gasteiger partial charge is 0.374 e. The van der Waals surface area contributed by atoms with E-state index in [1.54, 1.807) is 4.57 Å². The normalized spacial score (nSPS) is 12.0. The first-order valence-corrected chi connectivity index (χ1v) is 6.88. The van der Waals surface area contributed by atoms with Gasteiger partial charge in [-0.25, -0.2) is 0 Å². The zero-order valence-electron chi connectivity index (χ0n) is 12.3. The first kappa shape index (κ1) is 14.8. The van der Waals surface area contributed by atoms with E-state index < -0.39 is 0 Å². The van der Waals surface area contributed by atoms with Gasteiger partial charge in [0.2, 0.25) is 0 Å². The molecular formula is C16H22N2O2. The van der Waals surface area contributed by atoms with Crippen LogP contribution in [0.25, 0.3) is 10.9 Å². The maximum absolute atomic E-state index is 12.4. The SMILES string of the molecule is CC(C)(C)OCCn1c(=O)c(CN)cc2ccccc21. The second-order valence-corrected chi connectivity index (χ2v) is 5.85. The number of hydrogen-bond acceptors (Lipinski definition) is 3. The van der Waals surface area contributed by atoms with Gasteiger partial charge < -0.3 is 15.0 Å². The summed E-state index contributed by atoms with van der Waals surface area (Å²) < 4.78 is 7.47. The van der Waals surface area contributed by atoms with Gasteiger partial charge in [-0.05, 0) is 38.3 Å². The minimum absolute atomic E-state index is 0.0243. The Morgan fingerprint density at radius 2 is 1.95 bits per heavy atom. The van der Waals surface area contributed by atoms with Crippen molar-refractivity contribution in [2.45, 2.75) is 39.5 Å². The van der Waals surface area contributed by atoms with Gasteiger partial charge >= 0.3 is 0 Å². The van der Waals surface area contributed by atoms with Crippen LogP contribution in [0.15, 0.2) is 35.1 Å². The van der Waals surface area contributed by atoms with Gasteiger partial charge in [-0.1, -0.05) is 18.2 Å². The van der Waals surface area contributed by atoms with Crippen LogP contribution >= 0.6 is 0 Å². The van der Waals surface area contributed by atoms with Gasteiger partial charge in [-0.3, -0.25) is 4.79 Å². The molecule has 0 aliphatic carbocycles. The molecule has 0 aliphatic heterocycles. The molecule has 0 radical (unpaired) electrons. The number of aromatic nitrogens is 1. The maximum atomic E-state index is 12.4. The fourth-order valence-corrected chi connectivity index (χ4v) is 2.20. The molecule has 0 bridgehead atoms. The topological polar surface area (TPSA) is 57.2 Å². The summed E-state index contributed by atoms with van der Waals surface area (Å²) in [6.07, 6.45) is 0. The Morgan fingerprint density at radius 1 is 1.25 bits per heavy atom. The van der Waals surface area contributed by atoms with Crippen molar-refractivity contribution in [2.24, 2.45) is 5.73 Å². The number of nitrogens with zero attached hydrogens (tertiary/aromatic N) is 1. The van der Waals surface area contributed by atoms with Gasteiger partial charge in [0, 0.05) is 18.7 Å². The smallest absolute Gasteiger partial charge is 0.255 e. The molecule has 4 nitrogen and oxygen atoms in total. The van der Waals surface area contributed by atoms with Crippen LogP contribution in [0.5, 0.6) is 0 Å². The van der Waals surface area contributed by atoms with Crippen molar-refractivity contribution in [1.82, 2.24) is 4.57 Å². The van der Waals surface area contributed by atoms with Crippen LogP contribution in [0.4, 0.5) is 0 Å². The summed E-state index contributed by atoms with van der Waals surface area (Å²) in [7, 11) is 0. The summed E-state index contributed by atoms with van der Waals surface area (Å²) >= 11 is 0. The van der Waals surface area contributed by atoms with E-state index >= 15 is 0 Å². The highest BCUT2D eigenvalue weighted by Crippen LogP contribution is 2.14. The van der Waals surface area contributed by atoms with Gasteiger partial charge in [0.25, 0.3) is 5.56 Å². The Kier molecular flexibility index (Phi) is 4.26. The lowest BCUT2D eigenvalue weighted by atomic mass is 10.1. The third-order valence-electron chi connectivity index (χ3n) is 3.15. The van der Waals surface area contributed by atoms with Crippen molar-refractivity contribution in [3.8, 4) is 0 Å². The summed E-state index contributed by atoms with van der Waals surface area (Å²) in [5.74, 6) is 0. The van der Waals surface area contributed by atoms with E-state index in [2.05, 4.69) is 0 Å². The fourth-order valence-electron chi connectivity index (χ4n) is 2.20. The highest BCUT2D eigenvalue weighted by Gasteiger charge is 2.12. The molecule has 1 heterocycles. The molecule has 0 amide bonds.